The van der Waals surface area contributed by atoms with Gasteiger partial charge in [-0.1, -0.05) is 13.8 Å². The molecule has 0 aliphatic rings. The molecule has 2 N–H and O–H groups in total. The van der Waals surface area contributed by atoms with Crippen molar-refractivity contribution in [1.82, 2.24) is 10.2 Å². The van der Waals surface area contributed by atoms with Gasteiger partial charge in [-0.25, -0.2) is 4.79 Å². The molecule has 7 heteroatoms. The molecule has 1 unspecified atom stereocenters. The fourth-order valence-electron chi connectivity index (χ4n) is 1.71. The Hall–Kier alpha value is -1.24. The quantitative estimate of drug-likeness (QED) is 0.749. The van der Waals surface area contributed by atoms with E-state index in [0.29, 0.717) is 0 Å². The second-order valence-electron chi connectivity index (χ2n) is 5.68. The second kappa shape index (κ2) is 8.14. The number of nitrogens with one attached hydrogen (secondary N) is 1. The third-order valence-corrected chi connectivity index (χ3v) is 3.72. The van der Waals surface area contributed by atoms with Crippen molar-refractivity contribution < 1.29 is 19.5 Å². The van der Waals surface area contributed by atoms with Gasteiger partial charge in [-0.05, 0) is 18.6 Å². The smallest absolute Gasteiger partial charge is 0.324 e. The van der Waals surface area contributed by atoms with Crippen molar-refractivity contribution in [2.45, 2.75) is 39.7 Å². The Morgan fingerprint density at radius 3 is 2.30 bits per heavy atom. The number of carboxylic acid groups (broad SMARTS) is 1. The molecule has 116 valence electrons. The summed E-state index contributed by atoms with van der Waals surface area (Å²) in [7, 11) is 1.63. The molecular formula is C13H24N2O4S. The van der Waals surface area contributed by atoms with Gasteiger partial charge >= 0.3 is 12.0 Å². The summed E-state index contributed by atoms with van der Waals surface area (Å²) in [5, 5.41) is 11.0. The fourth-order valence-corrected chi connectivity index (χ4v) is 2.42. The van der Waals surface area contributed by atoms with E-state index in [4.69, 9.17) is 5.11 Å². The van der Waals surface area contributed by atoms with Crippen LogP contribution in [0, 0.1) is 5.41 Å². The molecule has 0 fully saturated rings. The molecule has 0 aromatic carbocycles. The molecule has 3 amide bonds. The van der Waals surface area contributed by atoms with Gasteiger partial charge in [-0.15, -0.1) is 0 Å². The van der Waals surface area contributed by atoms with Gasteiger partial charge in [0.15, 0.2) is 0 Å². The van der Waals surface area contributed by atoms with Crippen LogP contribution in [0.2, 0.25) is 0 Å². The predicted molar refractivity (Wildman–Crippen MR) is 79.8 cm³/mol. The number of imide groups is 1. The number of rotatable bonds is 7. The number of urea groups is 1. The molecule has 0 aromatic rings. The average Bonchev–Trinajstić information content (AvgIpc) is 2.24. The van der Waals surface area contributed by atoms with Crippen LogP contribution in [0.4, 0.5) is 4.79 Å². The summed E-state index contributed by atoms with van der Waals surface area (Å²) < 4.78 is 0. The van der Waals surface area contributed by atoms with Gasteiger partial charge in [-0.3, -0.25) is 14.9 Å². The standard InChI is InChI=1S/C13H24N2O4S/c1-9(8-20-5)15(4)12(19)14-10(16)6-13(2,3)7-11(17)18/h9H,6-8H2,1-5H3,(H,17,18)(H,14,16,19). The summed E-state index contributed by atoms with van der Waals surface area (Å²) in [5.74, 6) is -0.632. The van der Waals surface area contributed by atoms with Crippen LogP contribution in [0.3, 0.4) is 0 Å². The van der Waals surface area contributed by atoms with Crippen molar-refractivity contribution in [3.8, 4) is 0 Å². The van der Waals surface area contributed by atoms with Gasteiger partial charge in [0.05, 0.1) is 6.42 Å². The SMILES string of the molecule is CSCC(C)N(C)C(=O)NC(=O)CC(C)(C)CC(=O)O. The van der Waals surface area contributed by atoms with Crippen LogP contribution in [-0.4, -0.2) is 53.0 Å². The van der Waals surface area contributed by atoms with E-state index < -0.39 is 23.3 Å². The zero-order valence-electron chi connectivity index (χ0n) is 12.7. The summed E-state index contributed by atoms with van der Waals surface area (Å²) in [4.78, 5) is 35.8. The van der Waals surface area contributed by atoms with Gasteiger partial charge in [0.2, 0.25) is 5.91 Å². The number of aliphatic carboxylic acids is 1. The largest absolute Gasteiger partial charge is 0.481 e. The van der Waals surface area contributed by atoms with Crippen molar-refractivity contribution in [1.29, 1.82) is 0 Å². The van der Waals surface area contributed by atoms with E-state index in [1.54, 1.807) is 32.7 Å². The normalized spacial score (nSPS) is 12.7. The lowest BCUT2D eigenvalue weighted by atomic mass is 9.85. The van der Waals surface area contributed by atoms with Crippen LogP contribution in [-0.2, 0) is 9.59 Å². The molecule has 20 heavy (non-hydrogen) atoms. The van der Waals surface area contributed by atoms with Crippen LogP contribution in [0.5, 0.6) is 0 Å². The lowest BCUT2D eigenvalue weighted by Gasteiger charge is -2.26. The maximum Gasteiger partial charge on any atom is 0.324 e. The third-order valence-electron chi connectivity index (χ3n) is 2.90. The van der Waals surface area contributed by atoms with Crippen LogP contribution < -0.4 is 5.32 Å². The highest BCUT2D eigenvalue weighted by Crippen LogP contribution is 2.24. The zero-order valence-corrected chi connectivity index (χ0v) is 13.5. The summed E-state index contributed by atoms with van der Waals surface area (Å²) in [5.41, 5.74) is -0.681. The van der Waals surface area contributed by atoms with Gasteiger partial charge in [-0.2, -0.15) is 11.8 Å². The highest BCUT2D eigenvalue weighted by Gasteiger charge is 2.27. The summed E-state index contributed by atoms with van der Waals surface area (Å²) in [6.45, 7) is 5.27. The Kier molecular flexibility index (Phi) is 7.63. The number of thioether (sulfide) groups is 1. The van der Waals surface area contributed by atoms with E-state index in [1.165, 1.54) is 4.90 Å². The summed E-state index contributed by atoms with van der Waals surface area (Å²) in [6, 6.07) is -0.437. The average molecular weight is 304 g/mol. The molecule has 0 aliphatic carbocycles. The maximum atomic E-state index is 11.8. The maximum absolute atomic E-state index is 11.8. The van der Waals surface area contributed by atoms with E-state index in [0.717, 1.165) is 5.75 Å². The van der Waals surface area contributed by atoms with Crippen LogP contribution >= 0.6 is 11.8 Å². The second-order valence-corrected chi connectivity index (χ2v) is 6.59. The Morgan fingerprint density at radius 2 is 1.85 bits per heavy atom. The third kappa shape index (κ3) is 7.37. The Morgan fingerprint density at radius 1 is 1.30 bits per heavy atom. The number of carbonyl (C=O) groups excluding carboxylic acids is 2. The number of hydrogen-bond donors (Lipinski definition) is 2. The Labute approximate surface area is 124 Å². The lowest BCUT2D eigenvalue weighted by molar-refractivity contribution is -0.139. The monoisotopic (exact) mass is 304 g/mol. The van der Waals surface area contributed by atoms with Crippen LogP contribution in [0.1, 0.15) is 33.6 Å². The molecule has 0 spiro atoms. The van der Waals surface area contributed by atoms with E-state index >= 15 is 0 Å². The van der Waals surface area contributed by atoms with Crippen LogP contribution in [0.15, 0.2) is 0 Å². The minimum atomic E-state index is -0.958. The number of amides is 3. The molecule has 0 bridgehead atoms. The summed E-state index contributed by atoms with van der Waals surface area (Å²) >= 11 is 1.62. The Balaban J connectivity index is 4.39. The molecule has 0 saturated heterocycles. The van der Waals surface area contributed by atoms with Crippen molar-refractivity contribution >= 4 is 29.7 Å². The number of nitrogens with zero attached hydrogens (tertiary/aromatic N) is 1. The van der Waals surface area contributed by atoms with E-state index in [-0.39, 0.29) is 18.9 Å². The molecule has 0 aromatic heterocycles. The van der Waals surface area contributed by atoms with Gasteiger partial charge < -0.3 is 10.0 Å². The first kappa shape index (κ1) is 18.8. The van der Waals surface area contributed by atoms with E-state index in [9.17, 15) is 14.4 Å². The molecule has 0 heterocycles. The lowest BCUT2D eigenvalue weighted by Crippen LogP contribution is -2.46. The molecule has 0 rings (SSSR count). The summed E-state index contributed by atoms with van der Waals surface area (Å²) in [6.07, 6.45) is 1.82. The number of carbonyl (C=O) groups is 3. The first-order chi connectivity index (χ1) is 9.09. The van der Waals surface area contributed by atoms with Gasteiger partial charge in [0, 0.05) is 25.3 Å². The fraction of sp³-hybridized carbons (Fsp3) is 0.769. The molecular weight excluding hydrogens is 280 g/mol. The van der Waals surface area contributed by atoms with Gasteiger partial charge in [0.1, 0.15) is 0 Å². The zero-order chi connectivity index (χ0) is 15.9. The molecule has 6 nitrogen and oxygen atoms in total. The first-order valence-electron chi connectivity index (χ1n) is 6.36. The molecule has 0 saturated carbocycles. The highest BCUT2D eigenvalue weighted by atomic mass is 32.2. The topological polar surface area (TPSA) is 86.7 Å². The number of carboxylic acids is 1. The van der Waals surface area contributed by atoms with Crippen LogP contribution in [0.25, 0.3) is 0 Å². The van der Waals surface area contributed by atoms with E-state index in [1.807, 2.05) is 13.2 Å². The van der Waals surface area contributed by atoms with Crippen molar-refractivity contribution in [2.24, 2.45) is 5.41 Å². The Bertz CT molecular complexity index is 371. The first-order valence-corrected chi connectivity index (χ1v) is 7.76. The van der Waals surface area contributed by atoms with Crippen molar-refractivity contribution in [3.63, 3.8) is 0 Å². The minimum Gasteiger partial charge on any atom is -0.481 e. The minimum absolute atomic E-state index is 0.00418. The molecule has 0 aliphatic heterocycles. The van der Waals surface area contributed by atoms with Gasteiger partial charge in [0.25, 0.3) is 0 Å². The predicted octanol–water partition coefficient (Wildman–Crippen LogP) is 1.80. The highest BCUT2D eigenvalue weighted by molar-refractivity contribution is 7.98. The van der Waals surface area contributed by atoms with Crippen molar-refractivity contribution in [3.05, 3.63) is 0 Å². The number of hydrogen-bond acceptors (Lipinski definition) is 4. The van der Waals surface area contributed by atoms with Crippen molar-refractivity contribution in [2.75, 3.05) is 19.1 Å². The molecule has 1 atom stereocenters. The van der Waals surface area contributed by atoms with E-state index in [2.05, 4.69) is 5.32 Å². The molecule has 0 radical (unpaired) electrons.